The number of aldehydes is 1. The number of allylic oxidation sites excluding steroid dienone is 3. The highest BCUT2D eigenvalue weighted by molar-refractivity contribution is 7.16. The molecule has 2 heterocycles. The van der Waals surface area contributed by atoms with Crippen molar-refractivity contribution >= 4 is 28.7 Å². The van der Waals surface area contributed by atoms with Crippen LogP contribution < -0.4 is 10.6 Å². The first-order valence-corrected chi connectivity index (χ1v) is 13.0. The molecule has 0 radical (unpaired) electrons. The minimum Gasteiger partial charge on any atom is -0.497 e. The van der Waals surface area contributed by atoms with E-state index in [4.69, 9.17) is 14.2 Å². The number of nitrogens with zero attached hydrogens (tertiary/aromatic N) is 1. The van der Waals surface area contributed by atoms with Gasteiger partial charge in [-0.15, -0.1) is 11.3 Å². The molecule has 0 bridgehead atoms. The third-order valence-electron chi connectivity index (χ3n) is 6.08. The average Bonchev–Trinajstić information content (AvgIpc) is 3.27. The summed E-state index contributed by atoms with van der Waals surface area (Å²) in [4.78, 5) is 23.2. The van der Waals surface area contributed by atoms with Crippen molar-refractivity contribution in [2.45, 2.75) is 51.0 Å². The van der Waals surface area contributed by atoms with Crippen LogP contribution in [0.4, 0.5) is 9.80 Å². The smallest absolute Gasteiger partial charge is 0.407 e. The molecule has 1 aliphatic carbocycles. The number of hydrogen-bond donors (Lipinski definition) is 2. The summed E-state index contributed by atoms with van der Waals surface area (Å²) in [6.45, 7) is 9.54. The third kappa shape index (κ3) is 9.17. The van der Waals surface area contributed by atoms with Gasteiger partial charge in [-0.3, -0.25) is 0 Å². The second kappa shape index (κ2) is 15.8. The number of hydrogen-bond acceptors (Lipinski definition) is 8. The van der Waals surface area contributed by atoms with Crippen LogP contribution in [0.1, 0.15) is 48.1 Å². The van der Waals surface area contributed by atoms with Crippen molar-refractivity contribution in [1.82, 2.24) is 5.32 Å². The molecule has 1 fully saturated rings. The maximum Gasteiger partial charge on any atom is 0.407 e. The molecule has 1 aromatic rings. The number of methoxy groups -OCH3 is 1. The summed E-state index contributed by atoms with van der Waals surface area (Å²) in [5.74, 6) is 1.16. The van der Waals surface area contributed by atoms with Gasteiger partial charge >= 0.3 is 6.09 Å². The second-order valence-corrected chi connectivity index (χ2v) is 9.70. The molecule has 0 spiro atoms. The lowest BCUT2D eigenvalue weighted by atomic mass is 9.94. The Labute approximate surface area is 218 Å². The van der Waals surface area contributed by atoms with E-state index in [0.717, 1.165) is 71.8 Å². The van der Waals surface area contributed by atoms with Gasteiger partial charge in [-0.1, -0.05) is 18.7 Å². The van der Waals surface area contributed by atoms with Crippen molar-refractivity contribution in [2.24, 2.45) is 5.92 Å². The standard InChI is InChI=1S/C17H23N3O3S.C10H14O2/c1-19-16-14(9-18)13-3-2-12(8-15(13)24-16)23-17(21)20-10-11-4-6-22-7-5-11;1-4-10(12-3)8-9(2)6-5-7-11/h11-12,19H,2-8,10H2,1H3,(H,20,21);4,7-8H,1-2,5-6H2,3H3/b;10-8+. The van der Waals surface area contributed by atoms with Crippen LogP contribution in [0, 0.1) is 17.2 Å². The number of fused-ring (bicyclic) bond motifs is 1. The fourth-order valence-corrected chi connectivity index (χ4v) is 5.26. The number of amides is 1. The molecule has 1 aliphatic heterocycles. The van der Waals surface area contributed by atoms with Gasteiger partial charge in [-0.05, 0) is 55.7 Å². The minimum atomic E-state index is -0.333. The van der Waals surface area contributed by atoms with Crippen LogP contribution in [0.5, 0.6) is 0 Å². The Morgan fingerprint density at radius 3 is 2.69 bits per heavy atom. The fourth-order valence-electron chi connectivity index (χ4n) is 4.04. The number of anilines is 1. The van der Waals surface area contributed by atoms with E-state index in [2.05, 4.69) is 29.9 Å². The van der Waals surface area contributed by atoms with Gasteiger partial charge in [0.1, 0.15) is 29.2 Å². The molecule has 9 heteroatoms. The van der Waals surface area contributed by atoms with Crippen LogP contribution in [0.3, 0.4) is 0 Å². The van der Waals surface area contributed by atoms with Gasteiger partial charge < -0.3 is 29.6 Å². The summed E-state index contributed by atoms with van der Waals surface area (Å²) in [7, 11) is 3.40. The normalized spacial score (nSPS) is 17.4. The first-order valence-electron chi connectivity index (χ1n) is 12.2. The molecule has 1 amide bonds. The molecule has 36 heavy (non-hydrogen) atoms. The van der Waals surface area contributed by atoms with E-state index < -0.39 is 0 Å². The first kappa shape index (κ1) is 29.1. The number of carbonyl (C=O) groups excluding carboxylic acids is 2. The molecule has 1 saturated heterocycles. The van der Waals surface area contributed by atoms with Crippen molar-refractivity contribution in [1.29, 1.82) is 5.26 Å². The number of alkyl carbamates (subject to hydrolysis) is 1. The Hall–Kier alpha value is -3.09. The van der Waals surface area contributed by atoms with E-state index in [1.165, 1.54) is 0 Å². The molecule has 0 aromatic carbocycles. The molecular formula is C27H37N3O5S. The maximum absolute atomic E-state index is 12.0. The molecule has 2 N–H and O–H groups in total. The van der Waals surface area contributed by atoms with Crippen molar-refractivity contribution in [2.75, 3.05) is 39.2 Å². The highest BCUT2D eigenvalue weighted by atomic mass is 32.1. The van der Waals surface area contributed by atoms with Gasteiger partial charge in [0, 0.05) is 44.5 Å². The largest absolute Gasteiger partial charge is 0.497 e. The summed E-state index contributed by atoms with van der Waals surface area (Å²) in [6, 6.07) is 2.28. The lowest BCUT2D eigenvalue weighted by molar-refractivity contribution is -0.107. The zero-order valence-electron chi connectivity index (χ0n) is 21.3. The van der Waals surface area contributed by atoms with Gasteiger partial charge in [0.2, 0.25) is 0 Å². The van der Waals surface area contributed by atoms with E-state index in [1.54, 1.807) is 30.6 Å². The second-order valence-electron chi connectivity index (χ2n) is 8.60. The molecule has 1 unspecified atom stereocenters. The Kier molecular flexibility index (Phi) is 12.8. The lowest BCUT2D eigenvalue weighted by Crippen LogP contribution is -2.36. The predicted octanol–water partition coefficient (Wildman–Crippen LogP) is 4.91. The van der Waals surface area contributed by atoms with Crippen molar-refractivity contribution in [3.8, 4) is 6.07 Å². The number of ether oxygens (including phenoxy) is 3. The Morgan fingerprint density at radius 2 is 2.08 bits per heavy atom. The van der Waals surface area contributed by atoms with Crippen LogP contribution >= 0.6 is 11.3 Å². The Morgan fingerprint density at radius 1 is 1.33 bits per heavy atom. The monoisotopic (exact) mass is 515 g/mol. The SMILES string of the molecule is C=C/C(=C\C(=C)CCC=O)OC.CNc1sc2c(c1C#N)CCC(OC(=O)NCC1CCOCC1)C2. The van der Waals surface area contributed by atoms with E-state index in [1.807, 2.05) is 7.05 Å². The number of carbonyl (C=O) groups is 2. The molecule has 0 saturated carbocycles. The van der Waals surface area contributed by atoms with Crippen molar-refractivity contribution < 1.29 is 23.8 Å². The molecular weight excluding hydrogens is 478 g/mol. The fraction of sp³-hybridized carbons (Fsp3) is 0.519. The van der Waals surface area contributed by atoms with Crippen LogP contribution in [-0.4, -0.2) is 52.4 Å². The van der Waals surface area contributed by atoms with E-state index in [0.29, 0.717) is 37.5 Å². The summed E-state index contributed by atoms with van der Waals surface area (Å²) < 4.78 is 15.8. The summed E-state index contributed by atoms with van der Waals surface area (Å²) in [6.07, 6.45) is 9.22. The maximum atomic E-state index is 12.0. The van der Waals surface area contributed by atoms with E-state index >= 15 is 0 Å². The number of thiophene rings is 1. The minimum absolute atomic E-state index is 0.109. The Bertz CT molecular complexity index is 973. The number of rotatable bonds is 10. The van der Waals surface area contributed by atoms with E-state index in [-0.39, 0.29) is 12.2 Å². The van der Waals surface area contributed by atoms with Gasteiger partial charge in [0.05, 0.1) is 12.7 Å². The molecule has 196 valence electrons. The Balaban J connectivity index is 0.000000324. The topological polar surface area (TPSA) is 110 Å². The highest BCUT2D eigenvalue weighted by Crippen LogP contribution is 2.38. The van der Waals surface area contributed by atoms with Crippen LogP contribution in [0.15, 0.2) is 36.6 Å². The summed E-state index contributed by atoms with van der Waals surface area (Å²) >= 11 is 1.59. The quantitative estimate of drug-likeness (QED) is 0.259. The molecule has 2 aliphatic rings. The van der Waals surface area contributed by atoms with Crippen molar-refractivity contribution in [3.05, 3.63) is 52.6 Å². The number of nitrogens with one attached hydrogen (secondary N) is 2. The van der Waals surface area contributed by atoms with Gasteiger partial charge in [-0.2, -0.15) is 5.26 Å². The average molecular weight is 516 g/mol. The van der Waals surface area contributed by atoms with E-state index in [9.17, 15) is 14.9 Å². The molecule has 1 atom stereocenters. The lowest BCUT2D eigenvalue weighted by Gasteiger charge is -2.24. The third-order valence-corrected chi connectivity index (χ3v) is 7.35. The molecule has 3 rings (SSSR count). The zero-order valence-corrected chi connectivity index (χ0v) is 22.1. The summed E-state index contributed by atoms with van der Waals surface area (Å²) in [5.41, 5.74) is 2.74. The zero-order chi connectivity index (χ0) is 26.3. The molecule has 8 nitrogen and oxygen atoms in total. The number of nitriles is 1. The van der Waals surface area contributed by atoms with Crippen LogP contribution in [-0.2, 0) is 31.8 Å². The van der Waals surface area contributed by atoms with Gasteiger partial charge in [-0.25, -0.2) is 4.79 Å². The first-order chi connectivity index (χ1) is 17.4. The predicted molar refractivity (Wildman–Crippen MR) is 142 cm³/mol. The van der Waals surface area contributed by atoms with Crippen LogP contribution in [0.25, 0.3) is 0 Å². The van der Waals surface area contributed by atoms with Crippen molar-refractivity contribution in [3.63, 3.8) is 0 Å². The van der Waals surface area contributed by atoms with Gasteiger partial charge in [0.15, 0.2) is 0 Å². The summed E-state index contributed by atoms with van der Waals surface area (Å²) in [5, 5.41) is 16.2. The highest BCUT2D eigenvalue weighted by Gasteiger charge is 2.28. The van der Waals surface area contributed by atoms with Crippen LogP contribution in [0.2, 0.25) is 0 Å². The van der Waals surface area contributed by atoms with Gasteiger partial charge in [0.25, 0.3) is 0 Å². The molecule has 1 aromatic heterocycles.